The highest BCUT2D eigenvalue weighted by Gasteiger charge is 2.31. The van der Waals surface area contributed by atoms with Crippen LogP contribution in [0.15, 0.2) is 55.0 Å². The number of rotatable bonds is 6. The van der Waals surface area contributed by atoms with Gasteiger partial charge in [-0.25, -0.2) is 22.7 Å². The number of anilines is 1. The molecular weight excluding hydrogens is 514 g/mol. The summed E-state index contributed by atoms with van der Waals surface area (Å²) in [6.45, 7) is 3.66. The van der Waals surface area contributed by atoms with Gasteiger partial charge in [-0.3, -0.25) is 4.79 Å². The molecule has 1 saturated heterocycles. The maximum absolute atomic E-state index is 13.3. The Morgan fingerprint density at radius 3 is 2.54 bits per heavy atom. The van der Waals surface area contributed by atoms with Gasteiger partial charge < -0.3 is 10.8 Å². The third-order valence-corrected chi connectivity index (χ3v) is 9.65. The average Bonchev–Trinajstić information content (AvgIpc) is 3.58. The molecule has 4 heterocycles. The second-order valence-corrected chi connectivity index (χ2v) is 12.1. The second-order valence-electron chi connectivity index (χ2n) is 10.3. The molecule has 4 aromatic rings. The summed E-state index contributed by atoms with van der Waals surface area (Å²) in [7, 11) is -0.895. The van der Waals surface area contributed by atoms with Gasteiger partial charge in [-0.2, -0.15) is 10.2 Å². The molecule has 1 aliphatic heterocycles. The Kier molecular flexibility index (Phi) is 8.20. The Hall–Kier alpha value is -3.41. The lowest BCUT2D eigenvalue weighted by Gasteiger charge is -2.33. The largest absolute Gasteiger partial charge is 0.412 e. The standard InChI is InChI=1S/C28H33N7O2S.H2O/c1-20-8-10-22(11-9-20)35-26(31-28(36)24-19-30-34-15-5-14-29-27(24)34)18-25(32-35)21-12-16-33(17-13-21)38(37)23-6-3-2-4-7-23;/h5,8-11,14-15,18-19,21,23H,2-4,6-7,12-13,16-17H2,1H3,(H,31,36);1H2. The number of fused-ring (bicyclic) bond motifs is 1. The first kappa shape index (κ1) is 27.2. The Balaban J connectivity index is 0.00000308. The van der Waals surface area contributed by atoms with Crippen molar-refractivity contribution in [1.29, 1.82) is 0 Å². The normalized spacial score (nSPS) is 18.1. The molecule has 0 radical (unpaired) electrons. The molecule has 1 aromatic carbocycles. The van der Waals surface area contributed by atoms with E-state index in [0.29, 0.717) is 22.3 Å². The van der Waals surface area contributed by atoms with Crippen LogP contribution in [0.3, 0.4) is 0 Å². The Bertz CT molecular complexity index is 1450. The van der Waals surface area contributed by atoms with Crippen LogP contribution in [0.25, 0.3) is 11.3 Å². The van der Waals surface area contributed by atoms with Crippen molar-refractivity contribution >= 4 is 28.4 Å². The third-order valence-electron chi connectivity index (χ3n) is 7.74. The number of nitrogens with zero attached hydrogens (tertiary/aromatic N) is 6. The molecule has 2 aliphatic rings. The van der Waals surface area contributed by atoms with Gasteiger partial charge in [0.15, 0.2) is 5.65 Å². The first-order chi connectivity index (χ1) is 18.6. The Morgan fingerprint density at radius 1 is 1.05 bits per heavy atom. The highest BCUT2D eigenvalue weighted by Crippen LogP contribution is 2.33. The lowest BCUT2D eigenvalue weighted by atomic mass is 9.95. The summed E-state index contributed by atoms with van der Waals surface area (Å²) in [6.07, 6.45) is 12.6. The number of hydrogen-bond donors (Lipinski definition) is 1. The molecule has 2 fully saturated rings. The molecule has 1 amide bonds. The fourth-order valence-electron chi connectivity index (χ4n) is 5.55. The van der Waals surface area contributed by atoms with Gasteiger partial charge in [0.1, 0.15) is 11.4 Å². The van der Waals surface area contributed by atoms with E-state index in [1.165, 1.54) is 25.5 Å². The van der Waals surface area contributed by atoms with Crippen LogP contribution in [-0.2, 0) is 11.0 Å². The maximum Gasteiger partial charge on any atom is 0.262 e. The van der Waals surface area contributed by atoms with Crippen molar-refractivity contribution in [2.75, 3.05) is 18.4 Å². The van der Waals surface area contributed by atoms with E-state index in [2.05, 4.69) is 19.7 Å². The Labute approximate surface area is 230 Å². The van der Waals surface area contributed by atoms with Crippen molar-refractivity contribution in [2.45, 2.75) is 63.0 Å². The zero-order valence-corrected chi connectivity index (χ0v) is 22.9. The number of benzene rings is 1. The predicted molar refractivity (Wildman–Crippen MR) is 151 cm³/mol. The van der Waals surface area contributed by atoms with Gasteiger partial charge in [0.2, 0.25) is 0 Å². The highest BCUT2D eigenvalue weighted by atomic mass is 32.2. The fraction of sp³-hybridized carbons (Fsp3) is 0.429. The van der Waals surface area contributed by atoms with E-state index in [0.717, 1.165) is 55.7 Å². The highest BCUT2D eigenvalue weighted by molar-refractivity contribution is 7.83. The van der Waals surface area contributed by atoms with Crippen molar-refractivity contribution in [1.82, 2.24) is 28.7 Å². The van der Waals surface area contributed by atoms with Gasteiger partial charge in [0.05, 0.1) is 28.6 Å². The number of aromatic nitrogens is 5. The molecule has 39 heavy (non-hydrogen) atoms. The molecule has 11 heteroatoms. The van der Waals surface area contributed by atoms with E-state index in [1.54, 1.807) is 27.7 Å². The van der Waals surface area contributed by atoms with E-state index < -0.39 is 11.0 Å². The molecule has 6 rings (SSSR count). The van der Waals surface area contributed by atoms with Crippen LogP contribution in [-0.4, -0.2) is 62.6 Å². The van der Waals surface area contributed by atoms with Crippen LogP contribution in [0.4, 0.5) is 5.82 Å². The van der Waals surface area contributed by atoms with Crippen LogP contribution in [0, 0.1) is 6.92 Å². The van der Waals surface area contributed by atoms with Crippen LogP contribution in [0.5, 0.6) is 0 Å². The quantitative estimate of drug-likeness (QED) is 0.391. The van der Waals surface area contributed by atoms with Crippen molar-refractivity contribution in [3.05, 3.63) is 71.8 Å². The van der Waals surface area contributed by atoms with Gasteiger partial charge >= 0.3 is 0 Å². The SMILES string of the molecule is Cc1ccc(-n2nc(C3CCN(S(=O)C4CCCCC4)CC3)cc2NC(=O)c2cnn3cccnc23)cc1.O. The van der Waals surface area contributed by atoms with Gasteiger partial charge in [-0.1, -0.05) is 37.0 Å². The number of aryl methyl sites for hydroxylation is 1. The third kappa shape index (κ3) is 5.66. The van der Waals surface area contributed by atoms with E-state index in [9.17, 15) is 9.00 Å². The van der Waals surface area contributed by atoms with Crippen LogP contribution in [0.2, 0.25) is 0 Å². The molecule has 3 aromatic heterocycles. The van der Waals surface area contributed by atoms with Gasteiger partial charge in [0, 0.05) is 42.7 Å². The number of carbonyl (C=O) groups is 1. The summed E-state index contributed by atoms with van der Waals surface area (Å²) in [5, 5.41) is 12.6. The summed E-state index contributed by atoms with van der Waals surface area (Å²) < 4.78 is 18.7. The van der Waals surface area contributed by atoms with Gasteiger partial charge in [-0.15, -0.1) is 0 Å². The number of nitrogens with one attached hydrogen (secondary N) is 1. The predicted octanol–water partition coefficient (Wildman–Crippen LogP) is 3.83. The zero-order chi connectivity index (χ0) is 26.1. The summed E-state index contributed by atoms with van der Waals surface area (Å²) in [4.78, 5) is 17.6. The Morgan fingerprint density at radius 2 is 1.79 bits per heavy atom. The molecule has 0 spiro atoms. The molecule has 1 atom stereocenters. The lowest BCUT2D eigenvalue weighted by Crippen LogP contribution is -2.39. The molecular formula is C28H35N7O3S. The van der Waals surface area contributed by atoms with E-state index >= 15 is 0 Å². The molecule has 0 bridgehead atoms. The minimum absolute atomic E-state index is 0. The first-order valence-corrected chi connectivity index (χ1v) is 14.7. The lowest BCUT2D eigenvalue weighted by molar-refractivity contribution is 0.102. The van der Waals surface area contributed by atoms with E-state index in [-0.39, 0.29) is 17.3 Å². The number of piperidine rings is 1. The van der Waals surface area contributed by atoms with Crippen LogP contribution in [0.1, 0.15) is 72.5 Å². The van der Waals surface area contributed by atoms with E-state index in [4.69, 9.17) is 5.10 Å². The van der Waals surface area contributed by atoms with Crippen molar-refractivity contribution in [3.63, 3.8) is 0 Å². The topological polar surface area (TPSA) is 129 Å². The molecule has 10 nitrogen and oxygen atoms in total. The second kappa shape index (κ2) is 11.8. The molecule has 1 unspecified atom stereocenters. The van der Waals surface area contributed by atoms with E-state index in [1.807, 2.05) is 37.3 Å². The van der Waals surface area contributed by atoms with Crippen molar-refractivity contribution < 1.29 is 14.5 Å². The molecule has 1 aliphatic carbocycles. The van der Waals surface area contributed by atoms with Gasteiger partial charge in [0.25, 0.3) is 5.91 Å². The summed E-state index contributed by atoms with van der Waals surface area (Å²) in [5.74, 6) is 0.573. The summed E-state index contributed by atoms with van der Waals surface area (Å²) >= 11 is 0. The smallest absolute Gasteiger partial charge is 0.262 e. The summed E-state index contributed by atoms with van der Waals surface area (Å²) in [6, 6.07) is 11.8. The molecule has 1 saturated carbocycles. The van der Waals surface area contributed by atoms with Crippen LogP contribution >= 0.6 is 0 Å². The minimum Gasteiger partial charge on any atom is -0.412 e. The van der Waals surface area contributed by atoms with Crippen molar-refractivity contribution in [2.24, 2.45) is 0 Å². The first-order valence-electron chi connectivity index (χ1n) is 13.5. The number of amides is 1. The molecule has 206 valence electrons. The monoisotopic (exact) mass is 549 g/mol. The van der Waals surface area contributed by atoms with Gasteiger partial charge in [-0.05, 0) is 50.8 Å². The number of carbonyl (C=O) groups excluding carboxylic acids is 1. The summed E-state index contributed by atoms with van der Waals surface area (Å²) in [5.41, 5.74) is 3.89. The van der Waals surface area contributed by atoms with Crippen LogP contribution < -0.4 is 5.32 Å². The minimum atomic E-state index is -0.895. The molecule has 3 N–H and O–H groups in total. The fourth-order valence-corrected chi connectivity index (χ4v) is 7.28. The van der Waals surface area contributed by atoms with Crippen molar-refractivity contribution in [3.8, 4) is 5.69 Å². The zero-order valence-electron chi connectivity index (χ0n) is 22.1. The number of hydrogen-bond acceptors (Lipinski definition) is 5. The maximum atomic E-state index is 13.3. The average molecular weight is 550 g/mol.